The number of fused-ring (bicyclic) bond motifs is 1. The Labute approximate surface area is 238 Å². The summed E-state index contributed by atoms with van der Waals surface area (Å²) in [6.07, 6.45) is 3.62. The number of para-hydroxylation sites is 1. The molecular weight excluding hydrogens is 555 g/mol. The number of aromatic nitrogens is 2. The zero-order valence-electron chi connectivity index (χ0n) is 22.9. The van der Waals surface area contributed by atoms with Crippen molar-refractivity contribution >= 4 is 31.2 Å². The molecule has 0 bridgehead atoms. The first-order valence-corrected chi connectivity index (χ1v) is 15.3. The average Bonchev–Trinajstić information content (AvgIpc) is 3.72. The molecule has 224 valence electrons. The molecule has 5 rings (SSSR count). The highest BCUT2D eigenvalue weighted by molar-refractivity contribution is 7.52. The average molecular weight is 593 g/mol. The van der Waals surface area contributed by atoms with Gasteiger partial charge in [-0.25, -0.2) is 9.65 Å². The minimum Gasteiger partial charge on any atom is -0.479 e. The second-order valence-corrected chi connectivity index (χ2v) is 11.9. The van der Waals surface area contributed by atoms with Crippen molar-refractivity contribution < 1.29 is 37.7 Å². The van der Waals surface area contributed by atoms with Crippen molar-refractivity contribution in [3.8, 4) is 11.6 Å². The van der Waals surface area contributed by atoms with Gasteiger partial charge in [0.25, 0.3) is 0 Å². The van der Waals surface area contributed by atoms with Gasteiger partial charge in [-0.1, -0.05) is 18.2 Å². The van der Waals surface area contributed by atoms with E-state index in [9.17, 15) is 14.5 Å². The Bertz CT molecular complexity index is 1230. The molecule has 0 amide bonds. The zero-order chi connectivity index (χ0) is 28.8. The zero-order valence-corrected chi connectivity index (χ0v) is 23.8. The molecule has 4 unspecified atom stereocenters. The van der Waals surface area contributed by atoms with Gasteiger partial charge in [0.05, 0.1) is 26.5 Å². The molecule has 5 N–H and O–H groups in total. The van der Waals surface area contributed by atoms with Gasteiger partial charge in [0.2, 0.25) is 11.8 Å². The van der Waals surface area contributed by atoms with Crippen LogP contribution in [0.2, 0.25) is 0 Å². The molecule has 2 aromatic rings. The van der Waals surface area contributed by atoms with Crippen LogP contribution in [-0.2, 0) is 23.4 Å². The van der Waals surface area contributed by atoms with Crippen molar-refractivity contribution in [1.29, 1.82) is 0 Å². The Balaban J connectivity index is 1.26. The van der Waals surface area contributed by atoms with Crippen molar-refractivity contribution in [2.45, 2.75) is 57.0 Å². The van der Waals surface area contributed by atoms with Crippen LogP contribution in [-0.4, -0.2) is 73.0 Å². The highest BCUT2D eigenvalue weighted by Gasteiger charge is 2.43. The molecule has 1 saturated carbocycles. The van der Waals surface area contributed by atoms with Crippen LogP contribution in [0.25, 0.3) is 0 Å². The van der Waals surface area contributed by atoms with Crippen molar-refractivity contribution in [3.05, 3.63) is 30.3 Å². The molecule has 14 nitrogen and oxygen atoms in total. The third kappa shape index (κ3) is 7.19. The molecular formula is C26H37N6O8P. The van der Waals surface area contributed by atoms with Crippen LogP contribution in [0.1, 0.15) is 38.5 Å². The summed E-state index contributed by atoms with van der Waals surface area (Å²) < 4.78 is 42.5. The van der Waals surface area contributed by atoms with E-state index in [0.29, 0.717) is 42.6 Å². The maximum absolute atomic E-state index is 13.8. The number of ether oxygens (including phenoxy) is 3. The van der Waals surface area contributed by atoms with E-state index in [0.717, 1.165) is 25.7 Å². The largest absolute Gasteiger partial charge is 0.479 e. The Kier molecular flexibility index (Phi) is 9.46. The number of nitrogens with zero attached hydrogens (tertiary/aromatic N) is 3. The number of nitrogen functional groups attached to an aromatic ring is 1. The lowest BCUT2D eigenvalue weighted by Crippen LogP contribution is -2.40. The molecule has 1 aromatic heterocycles. The van der Waals surface area contributed by atoms with E-state index >= 15 is 0 Å². The lowest BCUT2D eigenvalue weighted by atomic mass is 9.99. The number of carbonyl (C=O) groups excluding carboxylic acids is 1. The SMILES string of the molecule is COc1nc(N)nc2c1NCN2C1OC(COP(=O)(NCC(=O)OC2CCCC2)Oc2ccccc2)CC1CCO. The van der Waals surface area contributed by atoms with Crippen LogP contribution in [0.4, 0.5) is 17.5 Å². The Morgan fingerprint density at radius 1 is 1.27 bits per heavy atom. The van der Waals surface area contributed by atoms with Gasteiger partial charge in [-0.05, 0) is 50.7 Å². The first kappa shape index (κ1) is 29.3. The number of hydrogen-bond acceptors (Lipinski definition) is 13. The second kappa shape index (κ2) is 13.2. The number of esters is 1. The van der Waals surface area contributed by atoms with Gasteiger partial charge < -0.3 is 39.8 Å². The number of nitrogens with one attached hydrogen (secondary N) is 2. The number of methoxy groups -OCH3 is 1. The molecule has 4 atom stereocenters. The monoisotopic (exact) mass is 592 g/mol. The minimum absolute atomic E-state index is 0.0399. The van der Waals surface area contributed by atoms with E-state index in [-0.39, 0.29) is 37.7 Å². The molecule has 1 aromatic carbocycles. The van der Waals surface area contributed by atoms with Crippen LogP contribution < -0.4 is 30.3 Å². The molecule has 15 heteroatoms. The summed E-state index contributed by atoms with van der Waals surface area (Å²) >= 11 is 0. The highest BCUT2D eigenvalue weighted by atomic mass is 31.2. The molecule has 41 heavy (non-hydrogen) atoms. The first-order chi connectivity index (χ1) is 19.9. The van der Waals surface area contributed by atoms with E-state index in [1.807, 2.05) is 4.90 Å². The minimum atomic E-state index is -4.00. The third-order valence-electron chi connectivity index (χ3n) is 7.29. The summed E-state index contributed by atoms with van der Waals surface area (Å²) in [5.41, 5.74) is 6.50. The molecule has 3 aliphatic rings. The molecule has 3 heterocycles. The number of nitrogens with two attached hydrogens (primary N) is 1. The van der Waals surface area contributed by atoms with Crippen LogP contribution >= 0.6 is 7.75 Å². The fourth-order valence-corrected chi connectivity index (χ4v) is 6.68. The number of anilines is 3. The van der Waals surface area contributed by atoms with Gasteiger partial charge in [0.15, 0.2) is 5.82 Å². The van der Waals surface area contributed by atoms with Crippen LogP contribution in [0.15, 0.2) is 30.3 Å². The van der Waals surface area contributed by atoms with Gasteiger partial charge >= 0.3 is 13.7 Å². The van der Waals surface area contributed by atoms with E-state index < -0.39 is 26.0 Å². The number of carbonyl (C=O) groups is 1. The lowest BCUT2D eigenvalue weighted by molar-refractivity contribution is -0.147. The van der Waals surface area contributed by atoms with Gasteiger partial charge in [-0.15, -0.1) is 0 Å². The number of aliphatic hydroxyl groups excluding tert-OH is 1. The van der Waals surface area contributed by atoms with Crippen molar-refractivity contribution in [1.82, 2.24) is 15.1 Å². The topological polar surface area (TPSA) is 180 Å². The first-order valence-electron chi connectivity index (χ1n) is 13.8. The second-order valence-electron chi connectivity index (χ2n) is 10.2. The van der Waals surface area contributed by atoms with E-state index in [1.54, 1.807) is 30.3 Å². The standard InChI is InChI=1S/C26H37N6O8P/c1-36-24-22-23(30-26(27)31-24)32(16-28-22)25-17(11-12-33)13-20(39-25)15-37-41(35,40-19-9-3-2-4-10-19)29-14-21(34)38-18-7-5-6-8-18/h2-4,9-10,17-18,20,25,28,33H,5-8,11-16H2,1H3,(H,29,35)(H2,27,30,31). The van der Waals surface area contributed by atoms with Crippen molar-refractivity contribution in [2.24, 2.45) is 5.92 Å². The molecule has 1 saturated heterocycles. The van der Waals surface area contributed by atoms with E-state index in [1.165, 1.54) is 7.11 Å². The highest BCUT2D eigenvalue weighted by Crippen LogP contribution is 2.46. The summed E-state index contributed by atoms with van der Waals surface area (Å²) in [5, 5.41) is 15.6. The van der Waals surface area contributed by atoms with Crippen LogP contribution in [0.3, 0.4) is 0 Å². The molecule has 0 spiro atoms. The molecule has 0 radical (unpaired) electrons. The quantitative estimate of drug-likeness (QED) is 0.197. The van der Waals surface area contributed by atoms with E-state index in [2.05, 4.69) is 20.4 Å². The molecule has 2 fully saturated rings. The smallest absolute Gasteiger partial charge is 0.459 e. The maximum Gasteiger partial charge on any atom is 0.459 e. The number of aliphatic hydroxyl groups is 1. The Morgan fingerprint density at radius 2 is 2.05 bits per heavy atom. The van der Waals surface area contributed by atoms with Crippen molar-refractivity contribution in [2.75, 3.05) is 49.5 Å². The van der Waals surface area contributed by atoms with Gasteiger partial charge in [-0.3, -0.25) is 9.32 Å². The summed E-state index contributed by atoms with van der Waals surface area (Å²) in [4.78, 5) is 22.8. The number of benzene rings is 1. The summed E-state index contributed by atoms with van der Waals surface area (Å²) in [7, 11) is -2.50. The third-order valence-corrected chi connectivity index (χ3v) is 8.78. The summed E-state index contributed by atoms with van der Waals surface area (Å²) in [6, 6.07) is 8.58. The van der Waals surface area contributed by atoms with Crippen LogP contribution in [0, 0.1) is 5.92 Å². The normalized spacial score (nSPS) is 23.6. The molecule has 2 aliphatic heterocycles. The summed E-state index contributed by atoms with van der Waals surface area (Å²) in [6.45, 7) is -0.0936. The van der Waals surface area contributed by atoms with Gasteiger partial charge in [0.1, 0.15) is 30.3 Å². The predicted molar refractivity (Wildman–Crippen MR) is 149 cm³/mol. The number of rotatable bonds is 13. The van der Waals surface area contributed by atoms with Gasteiger partial charge in [-0.2, -0.15) is 9.97 Å². The fourth-order valence-electron chi connectivity index (χ4n) is 5.39. The Hall–Kier alpha value is -3.16. The summed E-state index contributed by atoms with van der Waals surface area (Å²) in [5.74, 6) is 0.624. The lowest BCUT2D eigenvalue weighted by Gasteiger charge is -2.29. The van der Waals surface area contributed by atoms with Crippen molar-refractivity contribution in [3.63, 3.8) is 0 Å². The Morgan fingerprint density at radius 3 is 2.78 bits per heavy atom. The van der Waals surface area contributed by atoms with Gasteiger partial charge in [0, 0.05) is 12.5 Å². The van der Waals surface area contributed by atoms with Crippen LogP contribution in [0.5, 0.6) is 11.6 Å². The molecule has 1 aliphatic carbocycles. The maximum atomic E-state index is 13.8. The predicted octanol–water partition coefficient (Wildman–Crippen LogP) is 2.65. The van der Waals surface area contributed by atoms with E-state index in [4.69, 9.17) is 29.0 Å². The fraction of sp³-hybridized carbons (Fsp3) is 0.577. The number of hydrogen-bond donors (Lipinski definition) is 4.